The van der Waals surface area contributed by atoms with Gasteiger partial charge in [0.1, 0.15) is 0 Å². The number of carbonyl (C=O) groups excluding carboxylic acids is 1. The van der Waals surface area contributed by atoms with E-state index in [0.717, 1.165) is 10.2 Å². The zero-order valence-electron chi connectivity index (χ0n) is 10.9. The van der Waals surface area contributed by atoms with E-state index in [1.807, 2.05) is 35.0 Å². The molecule has 1 aromatic rings. The van der Waals surface area contributed by atoms with Gasteiger partial charge in [-0.05, 0) is 18.2 Å². The van der Waals surface area contributed by atoms with Crippen molar-refractivity contribution < 1.29 is 9.53 Å². The van der Waals surface area contributed by atoms with Crippen molar-refractivity contribution in [1.82, 2.24) is 4.90 Å². The average Bonchev–Trinajstić information content (AvgIpc) is 2.39. The topological polar surface area (TPSA) is 58.8 Å². The lowest BCUT2D eigenvalue weighted by atomic mass is 10.2. The second-order valence-corrected chi connectivity index (χ2v) is 5.47. The molecule has 2 rings (SSSR count). The van der Waals surface area contributed by atoms with E-state index in [4.69, 9.17) is 10.5 Å². The van der Waals surface area contributed by atoms with Crippen LogP contribution in [0.25, 0.3) is 0 Å². The normalized spacial score (nSPS) is 15.4. The number of nitrogens with zero attached hydrogens (tertiary/aromatic N) is 2. The summed E-state index contributed by atoms with van der Waals surface area (Å²) in [5, 5.41) is 0. The second-order valence-electron chi connectivity index (χ2n) is 4.55. The molecule has 2 N–H and O–H groups in total. The molecule has 0 atom stereocenters. The molecule has 1 amide bonds. The van der Waals surface area contributed by atoms with Gasteiger partial charge in [-0.25, -0.2) is 0 Å². The van der Waals surface area contributed by atoms with Gasteiger partial charge in [-0.1, -0.05) is 15.9 Å². The molecule has 0 saturated carbocycles. The molecule has 1 aliphatic rings. The number of hydrogen-bond donors (Lipinski definition) is 1. The maximum Gasteiger partial charge on any atom is 0.242 e. The molecule has 1 heterocycles. The second kappa shape index (κ2) is 6.25. The third-order valence-corrected chi connectivity index (χ3v) is 3.63. The number of amides is 1. The summed E-state index contributed by atoms with van der Waals surface area (Å²) >= 11 is 3.37. The zero-order chi connectivity index (χ0) is 13.8. The van der Waals surface area contributed by atoms with E-state index >= 15 is 0 Å². The van der Waals surface area contributed by atoms with Gasteiger partial charge in [0.25, 0.3) is 0 Å². The van der Waals surface area contributed by atoms with Gasteiger partial charge in [0.15, 0.2) is 0 Å². The van der Waals surface area contributed by atoms with Gasteiger partial charge in [-0.3, -0.25) is 4.79 Å². The van der Waals surface area contributed by atoms with Crippen molar-refractivity contribution in [3.05, 3.63) is 22.7 Å². The van der Waals surface area contributed by atoms with Crippen molar-refractivity contribution in [3.8, 4) is 0 Å². The summed E-state index contributed by atoms with van der Waals surface area (Å²) in [4.78, 5) is 15.8. The molecule has 1 aliphatic heterocycles. The van der Waals surface area contributed by atoms with E-state index in [9.17, 15) is 4.79 Å². The van der Waals surface area contributed by atoms with Gasteiger partial charge in [0.2, 0.25) is 5.91 Å². The molecule has 0 spiro atoms. The third kappa shape index (κ3) is 3.61. The van der Waals surface area contributed by atoms with Crippen molar-refractivity contribution in [2.45, 2.75) is 0 Å². The Balaban J connectivity index is 1.99. The Morgan fingerprint density at radius 1 is 1.47 bits per heavy atom. The molecule has 104 valence electrons. The Hall–Kier alpha value is -1.27. The van der Waals surface area contributed by atoms with Crippen LogP contribution in [0.4, 0.5) is 11.4 Å². The number of ether oxygens (including phenoxy) is 1. The molecular weight excluding hydrogens is 310 g/mol. The van der Waals surface area contributed by atoms with Crippen molar-refractivity contribution >= 4 is 33.2 Å². The number of likely N-dealkylation sites (N-methyl/N-ethyl adjacent to an activating group) is 1. The minimum atomic E-state index is 0.105. The third-order valence-electron chi connectivity index (χ3n) is 3.14. The predicted octanol–water partition coefficient (Wildman–Crippen LogP) is 1.33. The molecule has 0 bridgehead atoms. The highest BCUT2D eigenvalue weighted by Gasteiger charge is 2.19. The average molecular weight is 328 g/mol. The van der Waals surface area contributed by atoms with Gasteiger partial charge < -0.3 is 20.3 Å². The molecule has 0 radical (unpaired) electrons. The minimum Gasteiger partial charge on any atom is -0.397 e. The number of rotatable bonds is 3. The summed E-state index contributed by atoms with van der Waals surface area (Å²) in [5.74, 6) is 0.105. The first-order chi connectivity index (χ1) is 9.08. The smallest absolute Gasteiger partial charge is 0.242 e. The van der Waals surface area contributed by atoms with Gasteiger partial charge in [0.05, 0.1) is 31.1 Å². The summed E-state index contributed by atoms with van der Waals surface area (Å²) in [7, 11) is 1.87. The van der Waals surface area contributed by atoms with Crippen molar-refractivity contribution in [2.24, 2.45) is 0 Å². The number of halogens is 1. The van der Waals surface area contributed by atoms with Crippen molar-refractivity contribution in [3.63, 3.8) is 0 Å². The van der Waals surface area contributed by atoms with Gasteiger partial charge >= 0.3 is 0 Å². The number of nitrogens with two attached hydrogens (primary N) is 1. The van der Waals surface area contributed by atoms with Gasteiger partial charge in [0, 0.05) is 24.6 Å². The monoisotopic (exact) mass is 327 g/mol. The van der Waals surface area contributed by atoms with Crippen LogP contribution < -0.4 is 10.6 Å². The van der Waals surface area contributed by atoms with Gasteiger partial charge in [-0.15, -0.1) is 0 Å². The largest absolute Gasteiger partial charge is 0.397 e. The van der Waals surface area contributed by atoms with Crippen molar-refractivity contribution in [1.29, 1.82) is 0 Å². The van der Waals surface area contributed by atoms with E-state index in [1.54, 1.807) is 0 Å². The van der Waals surface area contributed by atoms with E-state index in [-0.39, 0.29) is 5.91 Å². The van der Waals surface area contributed by atoms with Crippen molar-refractivity contribution in [2.75, 3.05) is 50.5 Å². The van der Waals surface area contributed by atoms with E-state index < -0.39 is 0 Å². The Kier molecular flexibility index (Phi) is 4.66. The molecule has 0 aliphatic carbocycles. The SMILES string of the molecule is CN(CC(=O)N1CCOCC1)c1ccc(Br)cc1N. The van der Waals surface area contributed by atoms with Crippen LogP contribution in [0.3, 0.4) is 0 Å². The molecule has 1 fully saturated rings. The first kappa shape index (κ1) is 14.1. The lowest BCUT2D eigenvalue weighted by Gasteiger charge is -2.29. The summed E-state index contributed by atoms with van der Waals surface area (Å²) in [6.07, 6.45) is 0. The molecule has 6 heteroatoms. The predicted molar refractivity (Wildman–Crippen MR) is 79.2 cm³/mol. The molecule has 5 nitrogen and oxygen atoms in total. The van der Waals surface area contributed by atoms with Crippen LogP contribution in [0.2, 0.25) is 0 Å². The fourth-order valence-electron chi connectivity index (χ4n) is 2.07. The number of nitrogen functional groups attached to an aromatic ring is 1. The van der Waals surface area contributed by atoms with E-state index in [2.05, 4.69) is 15.9 Å². The molecule has 0 aromatic heterocycles. The first-order valence-electron chi connectivity index (χ1n) is 6.19. The molecule has 1 saturated heterocycles. The maximum absolute atomic E-state index is 12.1. The molecular formula is C13H18BrN3O2. The Morgan fingerprint density at radius 2 is 2.16 bits per heavy atom. The van der Waals surface area contributed by atoms with Crippen LogP contribution in [-0.2, 0) is 9.53 Å². The Labute approximate surface area is 121 Å². The number of morpholine rings is 1. The quantitative estimate of drug-likeness (QED) is 0.851. The number of carbonyl (C=O) groups is 1. The van der Waals surface area contributed by atoms with Crippen LogP contribution in [0.5, 0.6) is 0 Å². The lowest BCUT2D eigenvalue weighted by molar-refractivity contribution is -0.133. The highest BCUT2D eigenvalue weighted by Crippen LogP contribution is 2.25. The fraction of sp³-hybridized carbons (Fsp3) is 0.462. The summed E-state index contributed by atoms with van der Waals surface area (Å²) in [5.41, 5.74) is 7.48. The summed E-state index contributed by atoms with van der Waals surface area (Å²) < 4.78 is 6.17. The maximum atomic E-state index is 12.1. The Bertz CT molecular complexity index is 461. The minimum absolute atomic E-state index is 0.105. The van der Waals surface area contributed by atoms with E-state index in [0.29, 0.717) is 38.5 Å². The highest BCUT2D eigenvalue weighted by atomic mass is 79.9. The molecule has 1 aromatic carbocycles. The summed E-state index contributed by atoms with van der Waals surface area (Å²) in [6, 6.07) is 5.67. The van der Waals surface area contributed by atoms with Gasteiger partial charge in [-0.2, -0.15) is 0 Å². The molecule has 0 unspecified atom stereocenters. The van der Waals surface area contributed by atoms with Crippen LogP contribution in [0.15, 0.2) is 22.7 Å². The molecule has 19 heavy (non-hydrogen) atoms. The first-order valence-corrected chi connectivity index (χ1v) is 6.99. The van der Waals surface area contributed by atoms with Crippen LogP contribution in [0.1, 0.15) is 0 Å². The zero-order valence-corrected chi connectivity index (χ0v) is 12.5. The van der Waals surface area contributed by atoms with Crippen LogP contribution in [0, 0.1) is 0 Å². The number of anilines is 2. The number of hydrogen-bond acceptors (Lipinski definition) is 4. The summed E-state index contributed by atoms with van der Waals surface area (Å²) in [6.45, 7) is 2.91. The fourth-order valence-corrected chi connectivity index (χ4v) is 2.45. The van der Waals surface area contributed by atoms with Crippen LogP contribution >= 0.6 is 15.9 Å². The lowest BCUT2D eigenvalue weighted by Crippen LogP contribution is -2.45. The Morgan fingerprint density at radius 3 is 2.79 bits per heavy atom. The number of benzene rings is 1. The standard InChI is InChI=1S/C13H18BrN3O2/c1-16(12-3-2-10(14)8-11(12)15)9-13(18)17-4-6-19-7-5-17/h2-3,8H,4-7,9,15H2,1H3. The highest BCUT2D eigenvalue weighted by molar-refractivity contribution is 9.10. The van der Waals surface area contributed by atoms with Crippen LogP contribution in [-0.4, -0.2) is 50.7 Å². The van der Waals surface area contributed by atoms with E-state index in [1.165, 1.54) is 0 Å².